The molecular formula is C9H19NO3S. The van der Waals surface area contributed by atoms with Crippen LogP contribution in [0.1, 0.15) is 12.8 Å². The van der Waals surface area contributed by atoms with Crippen LogP contribution in [0, 0.1) is 0 Å². The van der Waals surface area contributed by atoms with E-state index in [1.165, 1.54) is 0 Å². The number of hydrogen-bond donors (Lipinski definition) is 2. The summed E-state index contributed by atoms with van der Waals surface area (Å²) in [6.07, 6.45) is 3.36. The molecule has 5 heteroatoms. The van der Waals surface area contributed by atoms with Crippen LogP contribution < -0.4 is 5.32 Å². The first-order chi connectivity index (χ1) is 6.81. The fourth-order valence-corrected chi connectivity index (χ4v) is 1.24. The molecule has 4 nitrogen and oxygen atoms in total. The van der Waals surface area contributed by atoms with Crippen LogP contribution in [0.5, 0.6) is 0 Å². The zero-order valence-corrected chi connectivity index (χ0v) is 9.44. The predicted octanol–water partition coefficient (Wildman–Crippen LogP) is 0.255. The van der Waals surface area contributed by atoms with E-state index in [0.717, 1.165) is 12.2 Å². The largest absolute Gasteiger partial charge is 0.394 e. The summed E-state index contributed by atoms with van der Waals surface area (Å²) in [6, 6.07) is 0. The summed E-state index contributed by atoms with van der Waals surface area (Å²) in [5.41, 5.74) is 0. The maximum Gasteiger partial charge on any atom is 0.220 e. The first-order valence-electron chi connectivity index (χ1n) is 4.75. The molecule has 0 unspecified atom stereocenters. The summed E-state index contributed by atoms with van der Waals surface area (Å²) >= 11 is 1.67. The van der Waals surface area contributed by atoms with Crippen LogP contribution in [-0.4, -0.2) is 49.4 Å². The topological polar surface area (TPSA) is 58.6 Å². The molecule has 2 N–H and O–H groups in total. The van der Waals surface area contributed by atoms with Gasteiger partial charge in [0.2, 0.25) is 5.91 Å². The van der Waals surface area contributed by atoms with Gasteiger partial charge >= 0.3 is 0 Å². The van der Waals surface area contributed by atoms with Crippen molar-refractivity contribution in [2.24, 2.45) is 0 Å². The van der Waals surface area contributed by atoms with Gasteiger partial charge in [-0.15, -0.1) is 0 Å². The summed E-state index contributed by atoms with van der Waals surface area (Å²) in [4.78, 5) is 11.1. The Morgan fingerprint density at radius 3 is 2.93 bits per heavy atom. The molecule has 0 atom stereocenters. The van der Waals surface area contributed by atoms with Crippen molar-refractivity contribution >= 4 is 17.7 Å². The Bertz CT molecular complexity index is 144. The number of carbonyl (C=O) groups is 1. The van der Waals surface area contributed by atoms with E-state index >= 15 is 0 Å². The van der Waals surface area contributed by atoms with Crippen LogP contribution in [0.2, 0.25) is 0 Å². The number of nitrogens with one attached hydrogen (secondary N) is 1. The van der Waals surface area contributed by atoms with E-state index in [2.05, 4.69) is 5.32 Å². The molecule has 0 bridgehead atoms. The van der Waals surface area contributed by atoms with Gasteiger partial charge in [0.1, 0.15) is 0 Å². The third-order valence-corrected chi connectivity index (χ3v) is 2.17. The zero-order chi connectivity index (χ0) is 10.6. The molecule has 0 saturated carbocycles. The molecular weight excluding hydrogens is 202 g/mol. The van der Waals surface area contributed by atoms with Crippen LogP contribution in [-0.2, 0) is 9.53 Å². The van der Waals surface area contributed by atoms with E-state index in [4.69, 9.17) is 9.84 Å². The van der Waals surface area contributed by atoms with Gasteiger partial charge in [0.25, 0.3) is 0 Å². The molecule has 0 spiro atoms. The van der Waals surface area contributed by atoms with Crippen LogP contribution in [0.4, 0.5) is 0 Å². The standard InChI is InChI=1S/C9H19NO3S/c1-14-8-3-9(12)10-4-2-6-13-7-5-11/h11H,2-8H2,1H3,(H,10,12). The average Bonchev–Trinajstić information content (AvgIpc) is 2.20. The number of amides is 1. The van der Waals surface area contributed by atoms with Gasteiger partial charge in [0.15, 0.2) is 0 Å². The minimum atomic E-state index is 0.0556. The second-order valence-electron chi connectivity index (χ2n) is 2.78. The Labute approximate surface area is 89.4 Å². The fourth-order valence-electron chi connectivity index (χ4n) is 0.852. The first-order valence-corrected chi connectivity index (χ1v) is 6.15. The lowest BCUT2D eigenvalue weighted by molar-refractivity contribution is -0.120. The van der Waals surface area contributed by atoms with Gasteiger partial charge in [-0.3, -0.25) is 4.79 Å². The highest BCUT2D eigenvalue weighted by atomic mass is 32.2. The monoisotopic (exact) mass is 221 g/mol. The quantitative estimate of drug-likeness (QED) is 0.548. The molecule has 84 valence electrons. The summed E-state index contributed by atoms with van der Waals surface area (Å²) in [7, 11) is 0. The predicted molar refractivity (Wildman–Crippen MR) is 58.5 cm³/mol. The Balaban J connectivity index is 3.07. The van der Waals surface area contributed by atoms with Crippen molar-refractivity contribution in [3.05, 3.63) is 0 Å². The number of carbonyl (C=O) groups excluding carboxylic acids is 1. The Morgan fingerprint density at radius 2 is 2.29 bits per heavy atom. The van der Waals surface area contributed by atoms with Gasteiger partial charge in [-0.05, 0) is 12.7 Å². The molecule has 0 aliphatic rings. The Morgan fingerprint density at radius 1 is 1.50 bits per heavy atom. The average molecular weight is 221 g/mol. The molecule has 0 aromatic heterocycles. The lowest BCUT2D eigenvalue weighted by atomic mass is 10.4. The SMILES string of the molecule is CSCCC(=O)NCCCOCCO. The van der Waals surface area contributed by atoms with E-state index in [9.17, 15) is 4.79 Å². The van der Waals surface area contributed by atoms with Gasteiger partial charge in [0.05, 0.1) is 13.2 Å². The van der Waals surface area contributed by atoms with Crippen molar-refractivity contribution in [3.63, 3.8) is 0 Å². The van der Waals surface area contributed by atoms with Crippen molar-refractivity contribution in [1.82, 2.24) is 5.32 Å². The number of rotatable bonds is 9. The molecule has 0 aromatic carbocycles. The molecule has 14 heavy (non-hydrogen) atoms. The van der Waals surface area contributed by atoms with Gasteiger partial charge in [-0.2, -0.15) is 11.8 Å². The Hall–Kier alpha value is -0.260. The van der Waals surface area contributed by atoms with Crippen LogP contribution in [0.15, 0.2) is 0 Å². The third-order valence-electron chi connectivity index (χ3n) is 1.56. The van der Waals surface area contributed by atoms with Crippen molar-refractivity contribution in [2.45, 2.75) is 12.8 Å². The zero-order valence-electron chi connectivity index (χ0n) is 8.62. The maximum atomic E-state index is 11.1. The highest BCUT2D eigenvalue weighted by molar-refractivity contribution is 7.98. The minimum Gasteiger partial charge on any atom is -0.394 e. The van der Waals surface area contributed by atoms with Crippen LogP contribution in [0.3, 0.4) is 0 Å². The molecule has 0 aliphatic carbocycles. The third kappa shape index (κ3) is 9.83. The molecule has 0 aromatic rings. The molecule has 0 heterocycles. The number of aliphatic hydroxyl groups excluding tert-OH is 1. The molecule has 0 rings (SSSR count). The second-order valence-corrected chi connectivity index (χ2v) is 3.77. The number of hydrogen-bond acceptors (Lipinski definition) is 4. The van der Waals surface area contributed by atoms with Crippen molar-refractivity contribution in [1.29, 1.82) is 0 Å². The molecule has 0 saturated heterocycles. The first kappa shape index (κ1) is 13.7. The van der Waals surface area contributed by atoms with Crippen molar-refractivity contribution in [2.75, 3.05) is 38.4 Å². The van der Waals surface area contributed by atoms with Crippen molar-refractivity contribution in [3.8, 4) is 0 Å². The normalized spacial score (nSPS) is 10.1. The second kappa shape index (κ2) is 10.8. The molecule has 0 radical (unpaired) electrons. The summed E-state index contributed by atoms with van der Waals surface area (Å²) < 4.78 is 5.04. The number of thioether (sulfide) groups is 1. The van der Waals surface area contributed by atoms with Gasteiger partial charge < -0.3 is 15.2 Å². The minimum absolute atomic E-state index is 0.0556. The Kier molecular flexibility index (Phi) is 10.6. The van der Waals surface area contributed by atoms with Crippen LogP contribution in [0.25, 0.3) is 0 Å². The van der Waals surface area contributed by atoms with Gasteiger partial charge in [-0.25, -0.2) is 0 Å². The molecule has 0 fully saturated rings. The maximum absolute atomic E-state index is 11.1. The lowest BCUT2D eigenvalue weighted by Gasteiger charge is -2.04. The van der Waals surface area contributed by atoms with Crippen LogP contribution >= 0.6 is 11.8 Å². The summed E-state index contributed by atoms with van der Waals surface area (Å²) in [6.45, 7) is 1.67. The van der Waals surface area contributed by atoms with E-state index in [-0.39, 0.29) is 12.5 Å². The van der Waals surface area contributed by atoms with Gasteiger partial charge in [0, 0.05) is 25.3 Å². The highest BCUT2D eigenvalue weighted by Crippen LogP contribution is 1.94. The van der Waals surface area contributed by atoms with E-state index in [1.807, 2.05) is 6.26 Å². The smallest absolute Gasteiger partial charge is 0.220 e. The van der Waals surface area contributed by atoms with E-state index < -0.39 is 0 Å². The van der Waals surface area contributed by atoms with Crippen molar-refractivity contribution < 1.29 is 14.6 Å². The van der Waals surface area contributed by atoms with E-state index in [1.54, 1.807) is 11.8 Å². The molecule has 0 aliphatic heterocycles. The lowest BCUT2D eigenvalue weighted by Crippen LogP contribution is -2.25. The fraction of sp³-hybridized carbons (Fsp3) is 0.889. The highest BCUT2D eigenvalue weighted by Gasteiger charge is 1.98. The number of aliphatic hydroxyl groups is 1. The molecule has 1 amide bonds. The van der Waals surface area contributed by atoms with Gasteiger partial charge in [-0.1, -0.05) is 0 Å². The number of ether oxygens (including phenoxy) is 1. The summed E-state index contributed by atoms with van der Waals surface area (Å²) in [5, 5.41) is 11.2. The van der Waals surface area contributed by atoms with E-state index in [0.29, 0.717) is 26.2 Å². The summed E-state index contributed by atoms with van der Waals surface area (Å²) in [5.74, 6) is 0.967.